The molecule has 0 atom stereocenters. The summed E-state index contributed by atoms with van der Waals surface area (Å²) in [4.78, 5) is 15.6. The summed E-state index contributed by atoms with van der Waals surface area (Å²) in [6.45, 7) is 2.66. The minimum absolute atomic E-state index is 0.765. The van der Waals surface area contributed by atoms with Crippen LogP contribution in [0.4, 0.5) is 0 Å². The minimum atomic E-state index is 0.765. The standard InChI is InChI=1S/C17H16N4O/c1-2-15(22-9-1)11-21-8-5-14-10-19-17(20-16(14)12-21)13-3-6-18-7-4-13/h1-4,6-7,9-10H,5,8,11-12H2. The van der Waals surface area contributed by atoms with Crippen molar-refractivity contribution >= 4 is 0 Å². The molecule has 22 heavy (non-hydrogen) atoms. The second kappa shape index (κ2) is 5.69. The van der Waals surface area contributed by atoms with E-state index in [1.807, 2.05) is 30.5 Å². The average molecular weight is 292 g/mol. The van der Waals surface area contributed by atoms with Crippen molar-refractivity contribution in [2.24, 2.45) is 0 Å². The van der Waals surface area contributed by atoms with E-state index in [1.165, 1.54) is 5.56 Å². The topological polar surface area (TPSA) is 55.1 Å². The summed E-state index contributed by atoms with van der Waals surface area (Å²) in [5, 5.41) is 0. The summed E-state index contributed by atoms with van der Waals surface area (Å²) >= 11 is 0. The average Bonchev–Trinajstić information content (AvgIpc) is 3.08. The van der Waals surface area contributed by atoms with Crippen LogP contribution in [0, 0.1) is 0 Å². The predicted octanol–water partition coefficient (Wildman–Crippen LogP) is 2.69. The number of pyridine rings is 1. The summed E-state index contributed by atoms with van der Waals surface area (Å²) in [5.41, 5.74) is 3.36. The van der Waals surface area contributed by atoms with Gasteiger partial charge in [-0.2, -0.15) is 0 Å². The third kappa shape index (κ3) is 2.63. The van der Waals surface area contributed by atoms with Crippen molar-refractivity contribution in [3.63, 3.8) is 0 Å². The Morgan fingerprint density at radius 1 is 1.18 bits per heavy atom. The number of nitrogens with zero attached hydrogens (tertiary/aromatic N) is 4. The van der Waals surface area contributed by atoms with Gasteiger partial charge in [-0.1, -0.05) is 0 Å². The van der Waals surface area contributed by atoms with Crippen LogP contribution in [0.15, 0.2) is 53.5 Å². The van der Waals surface area contributed by atoms with Gasteiger partial charge in [0.2, 0.25) is 0 Å². The molecule has 0 saturated carbocycles. The second-order valence-electron chi connectivity index (χ2n) is 5.44. The van der Waals surface area contributed by atoms with Gasteiger partial charge in [0, 0.05) is 37.2 Å². The maximum Gasteiger partial charge on any atom is 0.159 e. The molecule has 1 aliphatic heterocycles. The fraction of sp³-hybridized carbons (Fsp3) is 0.235. The zero-order chi connectivity index (χ0) is 14.8. The molecule has 0 bridgehead atoms. The zero-order valence-corrected chi connectivity index (χ0v) is 12.1. The lowest BCUT2D eigenvalue weighted by molar-refractivity contribution is 0.222. The number of aromatic nitrogens is 3. The van der Waals surface area contributed by atoms with Crippen LogP contribution >= 0.6 is 0 Å². The first-order valence-corrected chi connectivity index (χ1v) is 7.38. The molecule has 5 heteroatoms. The van der Waals surface area contributed by atoms with Crippen molar-refractivity contribution in [3.8, 4) is 11.4 Å². The SMILES string of the molecule is c1coc(CN2CCc3cnc(-c4ccncc4)nc3C2)c1. The van der Waals surface area contributed by atoms with Crippen molar-refractivity contribution in [3.05, 3.63) is 66.1 Å². The van der Waals surface area contributed by atoms with Crippen LogP contribution < -0.4 is 0 Å². The van der Waals surface area contributed by atoms with Gasteiger partial charge in [-0.3, -0.25) is 9.88 Å². The molecule has 0 aromatic carbocycles. The van der Waals surface area contributed by atoms with E-state index in [2.05, 4.69) is 14.9 Å². The van der Waals surface area contributed by atoms with Crippen LogP contribution in [0.2, 0.25) is 0 Å². The first-order chi connectivity index (χ1) is 10.9. The molecule has 0 amide bonds. The van der Waals surface area contributed by atoms with Gasteiger partial charge < -0.3 is 4.42 Å². The molecule has 110 valence electrons. The Kier molecular flexibility index (Phi) is 3.40. The number of hydrogen-bond donors (Lipinski definition) is 0. The van der Waals surface area contributed by atoms with Crippen molar-refractivity contribution in [1.29, 1.82) is 0 Å². The number of rotatable bonds is 3. The van der Waals surface area contributed by atoms with E-state index < -0.39 is 0 Å². The first-order valence-electron chi connectivity index (χ1n) is 7.38. The molecule has 3 aromatic rings. The molecule has 0 aliphatic carbocycles. The van der Waals surface area contributed by atoms with Gasteiger partial charge in [-0.25, -0.2) is 9.97 Å². The third-order valence-electron chi connectivity index (χ3n) is 3.92. The van der Waals surface area contributed by atoms with E-state index in [4.69, 9.17) is 9.40 Å². The van der Waals surface area contributed by atoms with Gasteiger partial charge in [0.25, 0.3) is 0 Å². The maximum absolute atomic E-state index is 5.44. The Labute approximate surface area is 128 Å². The molecule has 0 saturated heterocycles. The fourth-order valence-electron chi connectivity index (χ4n) is 2.76. The summed E-state index contributed by atoms with van der Waals surface area (Å²) in [6, 6.07) is 7.81. The smallest absolute Gasteiger partial charge is 0.159 e. The highest BCUT2D eigenvalue weighted by molar-refractivity contribution is 5.54. The fourth-order valence-corrected chi connectivity index (χ4v) is 2.76. The normalized spacial score (nSPS) is 14.7. The van der Waals surface area contributed by atoms with E-state index in [1.54, 1.807) is 18.7 Å². The Morgan fingerprint density at radius 2 is 2.09 bits per heavy atom. The molecule has 3 aromatic heterocycles. The summed E-state index contributed by atoms with van der Waals surface area (Å²) in [5.74, 6) is 1.76. The number of furan rings is 1. The van der Waals surface area contributed by atoms with Crippen molar-refractivity contribution < 1.29 is 4.42 Å². The Morgan fingerprint density at radius 3 is 2.91 bits per heavy atom. The molecule has 5 nitrogen and oxygen atoms in total. The van der Waals surface area contributed by atoms with Crippen LogP contribution in [-0.2, 0) is 19.5 Å². The molecule has 0 spiro atoms. The second-order valence-corrected chi connectivity index (χ2v) is 5.44. The predicted molar refractivity (Wildman–Crippen MR) is 81.8 cm³/mol. The van der Waals surface area contributed by atoms with E-state index in [0.717, 1.165) is 48.9 Å². The highest BCUT2D eigenvalue weighted by atomic mass is 16.3. The van der Waals surface area contributed by atoms with Crippen molar-refractivity contribution in [1.82, 2.24) is 19.9 Å². The van der Waals surface area contributed by atoms with E-state index >= 15 is 0 Å². The van der Waals surface area contributed by atoms with Crippen LogP contribution in [0.25, 0.3) is 11.4 Å². The molecular formula is C17H16N4O. The zero-order valence-electron chi connectivity index (χ0n) is 12.1. The van der Waals surface area contributed by atoms with Gasteiger partial charge in [0.15, 0.2) is 5.82 Å². The van der Waals surface area contributed by atoms with Crippen molar-refractivity contribution in [2.75, 3.05) is 6.54 Å². The Bertz CT molecular complexity index is 756. The van der Waals surface area contributed by atoms with E-state index in [-0.39, 0.29) is 0 Å². The highest BCUT2D eigenvalue weighted by Gasteiger charge is 2.19. The van der Waals surface area contributed by atoms with E-state index in [0.29, 0.717) is 0 Å². The van der Waals surface area contributed by atoms with E-state index in [9.17, 15) is 0 Å². The summed E-state index contributed by atoms with van der Waals surface area (Å²) < 4.78 is 5.44. The lowest BCUT2D eigenvalue weighted by Gasteiger charge is -2.27. The van der Waals surface area contributed by atoms with Crippen LogP contribution in [0.3, 0.4) is 0 Å². The lowest BCUT2D eigenvalue weighted by atomic mass is 10.1. The van der Waals surface area contributed by atoms with Gasteiger partial charge in [0.1, 0.15) is 5.76 Å². The molecule has 0 fully saturated rings. The first kappa shape index (κ1) is 13.2. The Balaban J connectivity index is 1.58. The van der Waals surface area contributed by atoms with Gasteiger partial charge in [-0.05, 0) is 36.2 Å². The van der Waals surface area contributed by atoms with Gasteiger partial charge >= 0.3 is 0 Å². The van der Waals surface area contributed by atoms with Gasteiger partial charge in [-0.15, -0.1) is 0 Å². The maximum atomic E-state index is 5.44. The molecule has 1 aliphatic rings. The van der Waals surface area contributed by atoms with Gasteiger partial charge in [0.05, 0.1) is 18.5 Å². The summed E-state index contributed by atoms with van der Waals surface area (Å²) in [7, 11) is 0. The molecular weight excluding hydrogens is 276 g/mol. The highest BCUT2D eigenvalue weighted by Crippen LogP contribution is 2.21. The lowest BCUT2D eigenvalue weighted by Crippen LogP contribution is -2.30. The van der Waals surface area contributed by atoms with Crippen LogP contribution in [0.5, 0.6) is 0 Å². The molecule has 0 unspecified atom stereocenters. The monoisotopic (exact) mass is 292 g/mol. The number of fused-ring (bicyclic) bond motifs is 1. The molecule has 0 N–H and O–H groups in total. The quantitative estimate of drug-likeness (QED) is 0.743. The van der Waals surface area contributed by atoms with Crippen LogP contribution in [-0.4, -0.2) is 26.4 Å². The Hall–Kier alpha value is -2.53. The molecule has 4 rings (SSSR count). The molecule has 4 heterocycles. The van der Waals surface area contributed by atoms with Crippen molar-refractivity contribution in [2.45, 2.75) is 19.5 Å². The molecule has 0 radical (unpaired) electrons. The number of hydrogen-bond acceptors (Lipinski definition) is 5. The summed E-state index contributed by atoms with van der Waals surface area (Å²) in [6.07, 6.45) is 8.19. The third-order valence-corrected chi connectivity index (χ3v) is 3.92. The largest absolute Gasteiger partial charge is 0.468 e. The minimum Gasteiger partial charge on any atom is -0.468 e. The van der Waals surface area contributed by atoms with Crippen LogP contribution in [0.1, 0.15) is 17.0 Å².